The third-order valence-electron chi connectivity index (χ3n) is 6.86. The molecular weight excluding hydrogens is 554 g/mol. The van der Waals surface area contributed by atoms with Gasteiger partial charge in [0.2, 0.25) is 10.0 Å². The zero-order chi connectivity index (χ0) is 29.1. The fourth-order valence-electron chi connectivity index (χ4n) is 4.44. The summed E-state index contributed by atoms with van der Waals surface area (Å²) >= 11 is 0. The second kappa shape index (κ2) is 12.0. The van der Waals surface area contributed by atoms with Crippen LogP contribution in [-0.4, -0.2) is 75.9 Å². The number of hydrogen-bond donors (Lipinski definition) is 2. The molecule has 0 aliphatic carbocycles. The largest absolute Gasteiger partial charge is 0.488 e. The Morgan fingerprint density at radius 1 is 1.00 bits per heavy atom. The van der Waals surface area contributed by atoms with E-state index in [0.29, 0.717) is 0 Å². The minimum atomic E-state index is -3.92. The van der Waals surface area contributed by atoms with Crippen molar-refractivity contribution in [2.75, 3.05) is 31.5 Å². The number of anilines is 1. The van der Waals surface area contributed by atoms with Crippen LogP contribution in [0.5, 0.6) is 5.75 Å². The first kappa shape index (κ1) is 29.5. The van der Waals surface area contributed by atoms with E-state index in [-0.39, 0.29) is 52.4 Å². The van der Waals surface area contributed by atoms with Crippen LogP contribution in [0.1, 0.15) is 24.2 Å². The lowest BCUT2D eigenvalue weighted by atomic mass is 9.99. The standard InChI is InChI=1S/C28H33N3O7S2/c1-20-17-31(21(2)19-32)28(33)25-16-22(29-39(34,35)23-10-6-4-7-11-23)14-15-26(25)38-27(20)18-30(3)40(36,37)24-12-8-5-9-13-24/h4-16,20-21,27,29,32H,17-19H2,1-3H3/t20-,21+,27-/m1/s1. The lowest BCUT2D eigenvalue weighted by Crippen LogP contribution is -2.50. The molecule has 0 saturated heterocycles. The Bertz CT molecular complexity index is 1550. The maximum atomic E-state index is 13.6. The lowest BCUT2D eigenvalue weighted by molar-refractivity contribution is 0.0387. The summed E-state index contributed by atoms with van der Waals surface area (Å²) < 4.78 is 62.1. The summed E-state index contributed by atoms with van der Waals surface area (Å²) in [5, 5.41) is 9.87. The first-order valence-electron chi connectivity index (χ1n) is 12.8. The molecule has 1 aliphatic rings. The highest BCUT2D eigenvalue weighted by Crippen LogP contribution is 2.32. The van der Waals surface area contributed by atoms with Crippen LogP contribution >= 0.6 is 0 Å². The number of fused-ring (bicyclic) bond motifs is 1. The molecule has 2 N–H and O–H groups in total. The number of aliphatic hydroxyl groups is 1. The van der Waals surface area contributed by atoms with Gasteiger partial charge in [-0.2, -0.15) is 4.31 Å². The zero-order valence-corrected chi connectivity index (χ0v) is 24.1. The number of rotatable bonds is 9. The molecule has 0 radical (unpaired) electrons. The summed E-state index contributed by atoms with van der Waals surface area (Å²) in [5.41, 5.74) is 0.254. The quantitative estimate of drug-likeness (QED) is 0.393. The number of likely N-dealkylation sites (N-methyl/N-ethyl adjacent to an activating group) is 1. The third-order valence-corrected chi connectivity index (χ3v) is 10.1. The molecule has 4 rings (SSSR count). The fourth-order valence-corrected chi connectivity index (χ4v) is 6.72. The normalized spacial score (nSPS) is 18.8. The molecule has 1 aliphatic heterocycles. The van der Waals surface area contributed by atoms with Crippen molar-refractivity contribution in [1.82, 2.24) is 9.21 Å². The Morgan fingerprint density at radius 3 is 2.20 bits per heavy atom. The predicted octanol–water partition coefficient (Wildman–Crippen LogP) is 3.03. The highest BCUT2D eigenvalue weighted by atomic mass is 32.2. The number of carbonyl (C=O) groups is 1. The molecule has 10 nitrogen and oxygen atoms in total. The Hall–Kier alpha value is -3.45. The van der Waals surface area contributed by atoms with Crippen molar-refractivity contribution in [2.45, 2.75) is 35.8 Å². The van der Waals surface area contributed by atoms with Crippen molar-refractivity contribution in [3.63, 3.8) is 0 Å². The van der Waals surface area contributed by atoms with E-state index >= 15 is 0 Å². The Labute approximate surface area is 235 Å². The van der Waals surface area contributed by atoms with Crippen LogP contribution in [0.3, 0.4) is 0 Å². The molecule has 3 atom stereocenters. The molecule has 0 saturated carbocycles. The first-order valence-corrected chi connectivity index (χ1v) is 15.7. The molecule has 0 bridgehead atoms. The highest BCUT2D eigenvalue weighted by Gasteiger charge is 2.35. The van der Waals surface area contributed by atoms with Gasteiger partial charge in [-0.1, -0.05) is 43.3 Å². The van der Waals surface area contributed by atoms with E-state index < -0.39 is 38.1 Å². The molecule has 12 heteroatoms. The Kier molecular flexibility index (Phi) is 8.83. The van der Waals surface area contributed by atoms with Crippen LogP contribution in [0.25, 0.3) is 0 Å². The van der Waals surface area contributed by atoms with Gasteiger partial charge in [-0.05, 0) is 49.4 Å². The van der Waals surface area contributed by atoms with Gasteiger partial charge in [-0.3, -0.25) is 9.52 Å². The van der Waals surface area contributed by atoms with Crippen LogP contribution < -0.4 is 9.46 Å². The Balaban J connectivity index is 1.68. The van der Waals surface area contributed by atoms with E-state index in [1.54, 1.807) is 43.3 Å². The maximum Gasteiger partial charge on any atom is 0.261 e. The lowest BCUT2D eigenvalue weighted by Gasteiger charge is -2.38. The minimum absolute atomic E-state index is 0.00421. The van der Waals surface area contributed by atoms with Gasteiger partial charge in [0.25, 0.3) is 15.9 Å². The zero-order valence-electron chi connectivity index (χ0n) is 22.5. The average Bonchev–Trinajstić information content (AvgIpc) is 2.95. The van der Waals surface area contributed by atoms with E-state index in [0.717, 1.165) is 0 Å². The Morgan fingerprint density at radius 2 is 1.60 bits per heavy atom. The molecule has 40 heavy (non-hydrogen) atoms. The van der Waals surface area contributed by atoms with E-state index in [1.165, 1.54) is 58.7 Å². The summed E-state index contributed by atoms with van der Waals surface area (Å²) in [6.07, 6.45) is -0.657. The number of amides is 1. The summed E-state index contributed by atoms with van der Waals surface area (Å²) in [5.74, 6) is -0.562. The molecule has 1 heterocycles. The van der Waals surface area contributed by atoms with Crippen LogP contribution in [0, 0.1) is 5.92 Å². The predicted molar refractivity (Wildman–Crippen MR) is 151 cm³/mol. The molecule has 1 amide bonds. The number of ether oxygens (including phenoxy) is 1. The SMILES string of the molecule is C[C@@H]1CN([C@@H](C)CO)C(=O)c2cc(NS(=O)(=O)c3ccccc3)ccc2O[C@@H]1CN(C)S(=O)(=O)c1ccccc1. The number of sulfonamides is 2. The monoisotopic (exact) mass is 587 g/mol. The van der Waals surface area contributed by atoms with Gasteiger partial charge in [0, 0.05) is 25.2 Å². The summed E-state index contributed by atoms with van der Waals surface area (Å²) in [6, 6.07) is 19.7. The van der Waals surface area contributed by atoms with Gasteiger partial charge in [0.1, 0.15) is 11.9 Å². The second-order valence-electron chi connectivity index (χ2n) is 9.85. The molecule has 0 aromatic heterocycles. The number of aliphatic hydroxyl groups excluding tert-OH is 1. The maximum absolute atomic E-state index is 13.6. The van der Waals surface area contributed by atoms with Gasteiger partial charge in [-0.25, -0.2) is 16.8 Å². The van der Waals surface area contributed by atoms with Crippen LogP contribution in [0.2, 0.25) is 0 Å². The molecule has 0 unspecified atom stereocenters. The molecule has 3 aromatic carbocycles. The highest BCUT2D eigenvalue weighted by molar-refractivity contribution is 7.92. The van der Waals surface area contributed by atoms with Crippen molar-refractivity contribution in [1.29, 1.82) is 0 Å². The molecule has 3 aromatic rings. The molecule has 0 spiro atoms. The number of benzene rings is 3. The van der Waals surface area contributed by atoms with Crippen molar-refractivity contribution in [3.8, 4) is 5.75 Å². The van der Waals surface area contributed by atoms with Crippen molar-refractivity contribution < 1.29 is 31.5 Å². The fraction of sp³-hybridized carbons (Fsp3) is 0.321. The van der Waals surface area contributed by atoms with Crippen LogP contribution in [0.4, 0.5) is 5.69 Å². The number of nitrogens with zero attached hydrogens (tertiary/aromatic N) is 2. The topological polar surface area (TPSA) is 133 Å². The van der Waals surface area contributed by atoms with Crippen LogP contribution in [-0.2, 0) is 20.0 Å². The van der Waals surface area contributed by atoms with Gasteiger partial charge >= 0.3 is 0 Å². The number of hydrogen-bond acceptors (Lipinski definition) is 7. The van der Waals surface area contributed by atoms with Gasteiger partial charge in [0.15, 0.2) is 0 Å². The minimum Gasteiger partial charge on any atom is -0.488 e. The van der Waals surface area contributed by atoms with Crippen LogP contribution in [0.15, 0.2) is 88.7 Å². The van der Waals surface area contributed by atoms with Gasteiger partial charge < -0.3 is 14.7 Å². The van der Waals surface area contributed by atoms with E-state index in [4.69, 9.17) is 4.74 Å². The molecule has 214 valence electrons. The summed E-state index contributed by atoms with van der Waals surface area (Å²) in [7, 11) is -6.25. The van der Waals surface area contributed by atoms with E-state index in [2.05, 4.69) is 4.72 Å². The van der Waals surface area contributed by atoms with Crippen molar-refractivity contribution in [3.05, 3.63) is 84.4 Å². The van der Waals surface area contributed by atoms with Gasteiger partial charge in [-0.15, -0.1) is 0 Å². The number of carbonyl (C=O) groups excluding carboxylic acids is 1. The molecular formula is C28H33N3O7S2. The van der Waals surface area contributed by atoms with Gasteiger partial charge in [0.05, 0.1) is 34.5 Å². The average molecular weight is 588 g/mol. The molecule has 0 fully saturated rings. The third kappa shape index (κ3) is 6.30. The summed E-state index contributed by atoms with van der Waals surface area (Å²) in [6.45, 7) is 3.45. The first-order chi connectivity index (χ1) is 18.9. The second-order valence-corrected chi connectivity index (χ2v) is 13.6. The van der Waals surface area contributed by atoms with Crippen molar-refractivity contribution in [2.24, 2.45) is 5.92 Å². The van der Waals surface area contributed by atoms with E-state index in [9.17, 15) is 26.7 Å². The summed E-state index contributed by atoms with van der Waals surface area (Å²) in [4.78, 5) is 15.4. The smallest absolute Gasteiger partial charge is 0.261 e. The number of nitrogens with one attached hydrogen (secondary N) is 1. The van der Waals surface area contributed by atoms with Crippen molar-refractivity contribution >= 4 is 31.6 Å². The van der Waals surface area contributed by atoms with E-state index in [1.807, 2.05) is 6.92 Å².